The van der Waals surface area contributed by atoms with Crippen LogP contribution in [0.3, 0.4) is 0 Å². The highest BCUT2D eigenvalue weighted by molar-refractivity contribution is 7.87. The molecule has 0 spiro atoms. The zero-order chi connectivity index (χ0) is 14.2. The Balaban J connectivity index is 5.47. The van der Waals surface area contributed by atoms with Crippen molar-refractivity contribution in [2.75, 3.05) is 6.54 Å². The molecule has 0 aliphatic heterocycles. The highest BCUT2D eigenvalue weighted by Gasteiger charge is 2.22. The lowest BCUT2D eigenvalue weighted by Crippen LogP contribution is -2.40. The number of hydrogen-bond donors (Lipinski definition) is 1. The van der Waals surface area contributed by atoms with Crippen LogP contribution in [0.1, 0.15) is 13.8 Å². The van der Waals surface area contributed by atoms with E-state index in [1.165, 1.54) is 6.20 Å². The smallest absolute Gasteiger partial charge is 0.274 e. The fraction of sp³-hybridized carbons (Fsp3) is 0.300. The van der Waals surface area contributed by atoms with Crippen molar-refractivity contribution in [2.24, 2.45) is 4.99 Å². The molecule has 0 aliphatic rings. The van der Waals surface area contributed by atoms with Crippen LogP contribution in [-0.4, -0.2) is 31.4 Å². The first kappa shape index (κ1) is 16.0. The van der Waals surface area contributed by atoms with Gasteiger partial charge in [-0.05, 0) is 0 Å². The molecule has 1 N–H and O–H groups in total. The van der Waals surface area contributed by atoms with Gasteiger partial charge in [-0.15, -0.1) is 0 Å². The molecule has 0 aromatic carbocycles. The van der Waals surface area contributed by atoms with E-state index in [1.807, 2.05) is 0 Å². The van der Waals surface area contributed by atoms with Crippen molar-refractivity contribution < 1.29 is 13.2 Å². The van der Waals surface area contributed by atoms with E-state index < -0.39 is 16.1 Å². The summed E-state index contributed by atoms with van der Waals surface area (Å²) in [4.78, 5) is 14.9. The summed E-state index contributed by atoms with van der Waals surface area (Å²) < 4.78 is 25.9. The van der Waals surface area contributed by atoms with E-state index in [4.69, 9.17) is 5.26 Å². The van der Waals surface area contributed by atoms with Gasteiger partial charge in [-0.25, -0.2) is 4.31 Å². The predicted octanol–water partition coefficient (Wildman–Crippen LogP) is 0.311. The van der Waals surface area contributed by atoms with Gasteiger partial charge in [0, 0.05) is 32.1 Å². The summed E-state index contributed by atoms with van der Waals surface area (Å²) in [7, 11) is -3.98. The average Bonchev–Trinajstić information content (AvgIpc) is 2.28. The summed E-state index contributed by atoms with van der Waals surface area (Å²) in [6, 6.07) is 1.71. The molecule has 0 unspecified atom stereocenters. The molecule has 0 radical (unpaired) electrons. The number of rotatable bonds is 6. The van der Waals surface area contributed by atoms with E-state index in [-0.39, 0.29) is 12.1 Å². The van der Waals surface area contributed by atoms with Crippen LogP contribution in [0, 0.1) is 11.3 Å². The molecule has 98 valence electrons. The minimum Gasteiger partial charge on any atom is -0.274 e. The van der Waals surface area contributed by atoms with E-state index in [2.05, 4.69) is 16.3 Å². The summed E-state index contributed by atoms with van der Waals surface area (Å²) in [6.07, 6.45) is 3.18. The maximum atomic E-state index is 11.7. The Bertz CT molecular complexity index is 514. The maximum Gasteiger partial charge on any atom is 0.307 e. The monoisotopic (exact) mass is 270 g/mol. The molecule has 0 aromatic heterocycles. The second-order valence-electron chi connectivity index (χ2n) is 2.97. The molecule has 0 rings (SSSR count). The number of amides is 1. The van der Waals surface area contributed by atoms with Crippen LogP contribution in [-0.2, 0) is 15.0 Å². The predicted molar refractivity (Wildman–Crippen MR) is 67.5 cm³/mol. The van der Waals surface area contributed by atoms with Gasteiger partial charge >= 0.3 is 10.2 Å². The summed E-state index contributed by atoms with van der Waals surface area (Å²) >= 11 is 0. The third kappa shape index (κ3) is 4.90. The van der Waals surface area contributed by atoms with Crippen molar-refractivity contribution in [3.8, 4) is 6.07 Å². The van der Waals surface area contributed by atoms with Gasteiger partial charge in [0.15, 0.2) is 0 Å². The minimum atomic E-state index is -3.98. The Morgan fingerprint density at radius 1 is 1.61 bits per heavy atom. The van der Waals surface area contributed by atoms with Crippen molar-refractivity contribution in [1.82, 2.24) is 9.03 Å². The highest BCUT2D eigenvalue weighted by atomic mass is 32.2. The van der Waals surface area contributed by atoms with Gasteiger partial charge in [-0.2, -0.15) is 18.4 Å². The largest absolute Gasteiger partial charge is 0.307 e. The van der Waals surface area contributed by atoms with Crippen molar-refractivity contribution in [2.45, 2.75) is 13.8 Å². The SMILES string of the molecule is C=C/N=C/C(C#N)=C\N(C(C)=O)S(=O)(=O)NCC. The topological polar surface area (TPSA) is 103 Å². The fourth-order valence-electron chi connectivity index (χ4n) is 0.932. The molecular formula is C10H14N4O3S. The van der Waals surface area contributed by atoms with Crippen molar-refractivity contribution in [3.63, 3.8) is 0 Å². The number of allylic oxidation sites excluding steroid dienone is 1. The first-order chi connectivity index (χ1) is 8.38. The zero-order valence-electron chi connectivity index (χ0n) is 10.1. The molecule has 0 aromatic rings. The molecule has 0 saturated carbocycles. The molecule has 0 fully saturated rings. The Hall–Kier alpha value is -1.98. The van der Waals surface area contributed by atoms with Crippen LogP contribution in [0.5, 0.6) is 0 Å². The second kappa shape index (κ2) is 7.37. The maximum absolute atomic E-state index is 11.7. The Morgan fingerprint density at radius 2 is 2.22 bits per heavy atom. The van der Waals surface area contributed by atoms with Crippen LogP contribution < -0.4 is 4.72 Å². The van der Waals surface area contributed by atoms with Crippen LogP contribution in [0.2, 0.25) is 0 Å². The number of aliphatic imine (C=N–C) groups is 1. The van der Waals surface area contributed by atoms with Gasteiger partial charge in [0.2, 0.25) is 5.91 Å². The molecule has 1 amide bonds. The first-order valence-electron chi connectivity index (χ1n) is 4.94. The number of carbonyl (C=O) groups is 1. The molecule has 0 aliphatic carbocycles. The molecule has 7 nitrogen and oxygen atoms in total. The number of nitrogens with one attached hydrogen (secondary N) is 1. The fourth-order valence-corrected chi connectivity index (χ4v) is 2.03. The van der Waals surface area contributed by atoms with E-state index >= 15 is 0 Å². The lowest BCUT2D eigenvalue weighted by molar-refractivity contribution is -0.122. The van der Waals surface area contributed by atoms with Crippen LogP contribution >= 0.6 is 0 Å². The summed E-state index contributed by atoms with van der Waals surface area (Å²) in [6.45, 7) is 6.09. The van der Waals surface area contributed by atoms with Crippen LogP contribution in [0.15, 0.2) is 29.5 Å². The Labute approximate surface area is 106 Å². The standard InChI is InChI=1S/C10H14N4O3S/c1-4-12-7-10(6-11)8-14(9(3)15)18(16,17)13-5-2/h4,7-8,13H,1,5H2,2-3H3/b10-8-,12-7+. The number of carbonyl (C=O) groups excluding carboxylic acids is 1. The molecule has 18 heavy (non-hydrogen) atoms. The van der Waals surface area contributed by atoms with Gasteiger partial charge < -0.3 is 0 Å². The van der Waals surface area contributed by atoms with E-state index in [1.54, 1.807) is 13.0 Å². The van der Waals surface area contributed by atoms with E-state index in [9.17, 15) is 13.2 Å². The summed E-state index contributed by atoms with van der Waals surface area (Å²) in [5.41, 5.74) is -0.0911. The molecule has 8 heteroatoms. The van der Waals surface area contributed by atoms with Gasteiger partial charge in [0.1, 0.15) is 6.07 Å². The molecule has 0 saturated heterocycles. The quantitative estimate of drug-likeness (QED) is 0.554. The van der Waals surface area contributed by atoms with E-state index in [0.29, 0.717) is 4.31 Å². The Kier molecular flexibility index (Phi) is 6.56. The molecule has 0 bridgehead atoms. The average molecular weight is 270 g/mol. The molecule has 0 heterocycles. The van der Waals surface area contributed by atoms with E-state index in [0.717, 1.165) is 19.3 Å². The van der Waals surface area contributed by atoms with Crippen molar-refractivity contribution in [3.05, 3.63) is 24.6 Å². The third-order valence-electron chi connectivity index (χ3n) is 1.60. The van der Waals surface area contributed by atoms with Crippen molar-refractivity contribution in [1.29, 1.82) is 5.26 Å². The minimum absolute atomic E-state index is 0.0911. The number of nitrogens with zero attached hydrogens (tertiary/aromatic N) is 3. The highest BCUT2D eigenvalue weighted by Crippen LogP contribution is 2.03. The lowest BCUT2D eigenvalue weighted by atomic mass is 10.3. The van der Waals surface area contributed by atoms with Crippen molar-refractivity contribution >= 4 is 22.3 Å². The van der Waals surface area contributed by atoms with Gasteiger partial charge in [0.05, 0.1) is 5.57 Å². The number of hydrogen-bond acceptors (Lipinski definition) is 5. The zero-order valence-corrected chi connectivity index (χ0v) is 10.9. The number of nitriles is 1. The summed E-state index contributed by atoms with van der Waals surface area (Å²) in [5.74, 6) is -0.740. The molecule has 0 atom stereocenters. The second-order valence-corrected chi connectivity index (χ2v) is 4.61. The normalized spacial score (nSPS) is 12.2. The van der Waals surface area contributed by atoms with Gasteiger partial charge in [0.25, 0.3) is 0 Å². The first-order valence-corrected chi connectivity index (χ1v) is 6.38. The van der Waals surface area contributed by atoms with Gasteiger partial charge in [-0.1, -0.05) is 13.5 Å². The summed E-state index contributed by atoms with van der Waals surface area (Å²) in [5, 5.41) is 8.78. The van der Waals surface area contributed by atoms with Gasteiger partial charge in [-0.3, -0.25) is 9.79 Å². The lowest BCUT2D eigenvalue weighted by Gasteiger charge is -2.16. The third-order valence-corrected chi connectivity index (χ3v) is 3.13. The Morgan fingerprint density at radius 3 is 2.61 bits per heavy atom. The van der Waals surface area contributed by atoms with Crippen LogP contribution in [0.25, 0.3) is 0 Å². The molecular weight excluding hydrogens is 256 g/mol. The van der Waals surface area contributed by atoms with Crippen LogP contribution in [0.4, 0.5) is 0 Å².